The highest BCUT2D eigenvalue weighted by molar-refractivity contribution is 5.46. The van der Waals surface area contributed by atoms with Crippen LogP contribution in [0.2, 0.25) is 0 Å². The molecule has 6 nitrogen and oxygen atoms in total. The first-order valence-electron chi connectivity index (χ1n) is 4.48. The molecule has 11 heteroatoms. The van der Waals surface area contributed by atoms with Gasteiger partial charge in [0.1, 0.15) is 5.69 Å². The Hall–Kier alpha value is -2.04. The second kappa shape index (κ2) is 5.30. The fourth-order valence-corrected chi connectivity index (χ4v) is 1.23. The van der Waals surface area contributed by atoms with Gasteiger partial charge in [-0.2, -0.15) is 0 Å². The molecule has 19 heavy (non-hydrogen) atoms. The average Bonchev–Trinajstić information content (AvgIpc) is 2.25. The predicted octanol–water partition coefficient (Wildman–Crippen LogP) is 2.32. The van der Waals surface area contributed by atoms with Gasteiger partial charge in [0.05, 0.1) is 23.2 Å². The Bertz CT molecular complexity index is 491. The first-order chi connectivity index (χ1) is 8.65. The Morgan fingerprint density at radius 2 is 2.05 bits per heavy atom. The minimum absolute atomic E-state index is 0.213. The summed E-state index contributed by atoms with van der Waals surface area (Å²) >= 11 is 0. The number of nitrogens with zero attached hydrogens (tertiary/aromatic N) is 2. The molecular formula is C8H5F5N2O4. The van der Waals surface area contributed by atoms with Crippen LogP contribution in [-0.2, 0) is 6.61 Å². The molecule has 0 atom stereocenters. The minimum Gasteiger partial charge on any atom is -0.391 e. The zero-order valence-corrected chi connectivity index (χ0v) is 8.82. The number of nitro groups is 1. The van der Waals surface area contributed by atoms with Crippen molar-refractivity contribution in [2.75, 3.05) is 0 Å². The molecule has 1 heterocycles. The molecule has 0 bridgehead atoms. The Labute approximate surface area is 101 Å². The standard InChI is InChI=1S/C8H5F5N2O4/c9-7(10)6-3(2-16)4(15(17)18)1-5(14-6)19-8(11,12)13/h1,7,16H,2H2. The number of ether oxygens (including phenoxy) is 1. The van der Waals surface area contributed by atoms with Crippen molar-refractivity contribution in [3.8, 4) is 5.88 Å². The van der Waals surface area contributed by atoms with Crippen molar-refractivity contribution in [3.63, 3.8) is 0 Å². The summed E-state index contributed by atoms with van der Waals surface area (Å²) in [5, 5.41) is 19.3. The lowest BCUT2D eigenvalue weighted by atomic mass is 10.1. The van der Waals surface area contributed by atoms with E-state index in [-0.39, 0.29) is 6.07 Å². The molecule has 0 fully saturated rings. The Morgan fingerprint density at radius 1 is 1.47 bits per heavy atom. The number of alkyl halides is 5. The van der Waals surface area contributed by atoms with Gasteiger partial charge in [0.25, 0.3) is 12.1 Å². The monoisotopic (exact) mass is 288 g/mol. The average molecular weight is 288 g/mol. The van der Waals surface area contributed by atoms with Crippen LogP contribution in [0.5, 0.6) is 5.88 Å². The maximum absolute atomic E-state index is 12.5. The lowest BCUT2D eigenvalue weighted by Gasteiger charge is -2.11. The van der Waals surface area contributed by atoms with E-state index in [2.05, 4.69) is 9.72 Å². The fraction of sp³-hybridized carbons (Fsp3) is 0.375. The summed E-state index contributed by atoms with van der Waals surface area (Å²) in [5.41, 5.74) is -3.34. The maximum atomic E-state index is 12.5. The van der Waals surface area contributed by atoms with Gasteiger partial charge in [0.15, 0.2) is 0 Å². The number of aliphatic hydroxyl groups excluding tert-OH is 1. The van der Waals surface area contributed by atoms with Crippen LogP contribution in [0.25, 0.3) is 0 Å². The van der Waals surface area contributed by atoms with E-state index in [1.54, 1.807) is 0 Å². The molecule has 0 aliphatic heterocycles. The van der Waals surface area contributed by atoms with Crippen molar-refractivity contribution in [2.45, 2.75) is 19.4 Å². The Balaban J connectivity index is 3.41. The highest BCUT2D eigenvalue weighted by Crippen LogP contribution is 2.33. The summed E-state index contributed by atoms with van der Waals surface area (Å²) in [5.74, 6) is -1.40. The zero-order valence-electron chi connectivity index (χ0n) is 8.82. The summed E-state index contributed by atoms with van der Waals surface area (Å²) in [4.78, 5) is 12.2. The second-order valence-electron chi connectivity index (χ2n) is 3.11. The van der Waals surface area contributed by atoms with Crippen molar-refractivity contribution in [1.82, 2.24) is 4.98 Å². The second-order valence-corrected chi connectivity index (χ2v) is 3.11. The molecule has 1 N–H and O–H groups in total. The normalized spacial score (nSPS) is 11.7. The Morgan fingerprint density at radius 3 is 2.42 bits per heavy atom. The van der Waals surface area contributed by atoms with Crippen LogP contribution in [-0.4, -0.2) is 21.4 Å². The van der Waals surface area contributed by atoms with Gasteiger partial charge in [-0.05, 0) is 0 Å². The molecular weight excluding hydrogens is 283 g/mol. The number of halogens is 5. The van der Waals surface area contributed by atoms with Gasteiger partial charge in [-0.1, -0.05) is 0 Å². The van der Waals surface area contributed by atoms with Crippen LogP contribution in [0.1, 0.15) is 17.7 Å². The van der Waals surface area contributed by atoms with Crippen LogP contribution in [0.15, 0.2) is 6.07 Å². The molecule has 1 aromatic rings. The van der Waals surface area contributed by atoms with E-state index < -0.39 is 47.1 Å². The van der Waals surface area contributed by atoms with Gasteiger partial charge in [-0.25, -0.2) is 13.8 Å². The largest absolute Gasteiger partial charge is 0.574 e. The molecule has 0 radical (unpaired) electrons. The molecule has 0 aliphatic carbocycles. The number of aromatic nitrogens is 1. The molecule has 0 aromatic carbocycles. The smallest absolute Gasteiger partial charge is 0.391 e. The van der Waals surface area contributed by atoms with Crippen molar-refractivity contribution in [2.24, 2.45) is 0 Å². The van der Waals surface area contributed by atoms with Gasteiger partial charge in [-0.3, -0.25) is 10.1 Å². The Kier molecular flexibility index (Phi) is 4.19. The molecule has 1 rings (SSSR count). The maximum Gasteiger partial charge on any atom is 0.574 e. The third-order valence-corrected chi connectivity index (χ3v) is 1.89. The van der Waals surface area contributed by atoms with E-state index >= 15 is 0 Å². The summed E-state index contributed by atoms with van der Waals surface area (Å²) in [6, 6.07) is 0.213. The van der Waals surface area contributed by atoms with E-state index in [1.165, 1.54) is 0 Å². The van der Waals surface area contributed by atoms with Crippen molar-refractivity contribution in [1.29, 1.82) is 0 Å². The van der Waals surface area contributed by atoms with Crippen LogP contribution in [0, 0.1) is 10.1 Å². The number of rotatable bonds is 4. The van der Waals surface area contributed by atoms with Crippen LogP contribution < -0.4 is 4.74 Å². The van der Waals surface area contributed by atoms with E-state index in [0.29, 0.717) is 0 Å². The molecule has 0 saturated heterocycles. The van der Waals surface area contributed by atoms with Gasteiger partial charge < -0.3 is 9.84 Å². The van der Waals surface area contributed by atoms with Crippen molar-refractivity contribution < 1.29 is 36.7 Å². The molecule has 0 amide bonds. The molecule has 1 aromatic heterocycles. The third-order valence-electron chi connectivity index (χ3n) is 1.89. The van der Waals surface area contributed by atoms with Crippen LogP contribution in [0.3, 0.4) is 0 Å². The molecule has 0 spiro atoms. The number of pyridine rings is 1. The highest BCUT2D eigenvalue weighted by atomic mass is 19.4. The SMILES string of the molecule is O=[N+]([O-])c1cc(OC(F)(F)F)nc(C(F)F)c1CO. The van der Waals surface area contributed by atoms with E-state index in [0.717, 1.165) is 0 Å². The number of hydrogen-bond donors (Lipinski definition) is 1. The van der Waals surface area contributed by atoms with Gasteiger partial charge in [0.2, 0.25) is 5.88 Å². The topological polar surface area (TPSA) is 85.5 Å². The zero-order chi connectivity index (χ0) is 14.8. The van der Waals surface area contributed by atoms with Crippen LogP contribution in [0.4, 0.5) is 27.6 Å². The van der Waals surface area contributed by atoms with E-state index in [4.69, 9.17) is 5.11 Å². The van der Waals surface area contributed by atoms with Crippen molar-refractivity contribution >= 4 is 5.69 Å². The van der Waals surface area contributed by atoms with Crippen LogP contribution >= 0.6 is 0 Å². The lowest BCUT2D eigenvalue weighted by molar-refractivity contribution is -0.386. The van der Waals surface area contributed by atoms with Gasteiger partial charge in [0, 0.05) is 0 Å². The molecule has 0 aliphatic rings. The number of aliphatic hydroxyl groups is 1. The van der Waals surface area contributed by atoms with Crippen molar-refractivity contribution in [3.05, 3.63) is 27.4 Å². The summed E-state index contributed by atoms with van der Waals surface area (Å²) in [7, 11) is 0. The summed E-state index contributed by atoms with van der Waals surface area (Å²) < 4.78 is 64.1. The number of hydrogen-bond acceptors (Lipinski definition) is 5. The third kappa shape index (κ3) is 3.71. The molecule has 106 valence electrons. The molecule has 0 saturated carbocycles. The summed E-state index contributed by atoms with van der Waals surface area (Å²) in [6.07, 6.45) is -8.64. The first kappa shape index (κ1) is 15.0. The quantitative estimate of drug-likeness (QED) is 0.522. The molecule has 0 unspecified atom stereocenters. The first-order valence-corrected chi connectivity index (χ1v) is 4.48. The summed E-state index contributed by atoms with van der Waals surface area (Å²) in [6.45, 7) is -1.17. The fourth-order valence-electron chi connectivity index (χ4n) is 1.23. The highest BCUT2D eigenvalue weighted by Gasteiger charge is 2.34. The minimum atomic E-state index is -5.24. The van der Waals surface area contributed by atoms with E-state index in [9.17, 15) is 32.1 Å². The van der Waals surface area contributed by atoms with Gasteiger partial charge in [-0.15, -0.1) is 13.2 Å². The van der Waals surface area contributed by atoms with Gasteiger partial charge >= 0.3 is 6.36 Å². The van der Waals surface area contributed by atoms with E-state index in [1.807, 2.05) is 0 Å². The predicted molar refractivity (Wildman–Crippen MR) is 48.5 cm³/mol. The lowest BCUT2D eigenvalue weighted by Crippen LogP contribution is -2.19.